The van der Waals surface area contributed by atoms with Gasteiger partial charge in [0.2, 0.25) is 0 Å². The summed E-state index contributed by atoms with van der Waals surface area (Å²) >= 11 is 0. The third-order valence-electron chi connectivity index (χ3n) is 2.70. The first-order valence-corrected chi connectivity index (χ1v) is 5.77. The Balaban J connectivity index is 2.12. The number of carbonyl (C=O) groups is 1. The zero-order valence-electron chi connectivity index (χ0n) is 10.7. The highest BCUT2D eigenvalue weighted by molar-refractivity contribution is 5.99. The van der Waals surface area contributed by atoms with Crippen molar-refractivity contribution in [3.05, 3.63) is 51.8 Å². The number of nitro benzene ring substituents is 1. The minimum atomic E-state index is -0.572. The van der Waals surface area contributed by atoms with Crippen molar-refractivity contribution >= 4 is 17.3 Å². The lowest BCUT2D eigenvalue weighted by Gasteiger charge is -2.06. The molecule has 104 valence electrons. The zero-order chi connectivity index (χ0) is 14.7. The first-order chi connectivity index (χ1) is 9.47. The fraction of sp³-hybridized carbons (Fsp3) is 0.167. The van der Waals surface area contributed by atoms with E-state index in [2.05, 4.69) is 10.4 Å². The van der Waals surface area contributed by atoms with Gasteiger partial charge in [0.25, 0.3) is 11.6 Å². The summed E-state index contributed by atoms with van der Waals surface area (Å²) in [5.41, 5.74) is 6.59. The Labute approximate surface area is 114 Å². The maximum absolute atomic E-state index is 12.0. The monoisotopic (exact) mass is 275 g/mol. The zero-order valence-corrected chi connectivity index (χ0v) is 10.7. The second-order valence-corrected chi connectivity index (χ2v) is 4.23. The average Bonchev–Trinajstić information content (AvgIpc) is 2.82. The molecule has 0 saturated carbocycles. The third kappa shape index (κ3) is 2.91. The summed E-state index contributed by atoms with van der Waals surface area (Å²) in [5.74, 6) is -0.463. The quantitative estimate of drug-likeness (QED) is 0.487. The summed E-state index contributed by atoms with van der Waals surface area (Å²) in [6.45, 7) is 0.273. The standard InChI is InChI=1S/C12H13N5O3/c1-16-7-8(6-15-16)5-14-12(18)10-4-9(17(19)20)2-3-11(10)13/h2-4,6-7H,5,13H2,1H3,(H,14,18). The molecule has 1 amide bonds. The molecular weight excluding hydrogens is 262 g/mol. The first kappa shape index (κ1) is 13.5. The highest BCUT2D eigenvalue weighted by Gasteiger charge is 2.15. The van der Waals surface area contributed by atoms with Gasteiger partial charge in [0.05, 0.1) is 16.7 Å². The van der Waals surface area contributed by atoms with Gasteiger partial charge in [-0.3, -0.25) is 19.6 Å². The SMILES string of the molecule is Cn1cc(CNC(=O)c2cc([N+](=O)[O-])ccc2N)cn1. The molecule has 0 atom stereocenters. The molecule has 0 aliphatic carbocycles. The largest absolute Gasteiger partial charge is 0.398 e. The van der Waals surface area contributed by atoms with Crippen LogP contribution in [0.4, 0.5) is 11.4 Å². The van der Waals surface area contributed by atoms with E-state index < -0.39 is 10.8 Å². The fourth-order valence-electron chi connectivity index (χ4n) is 1.70. The molecule has 20 heavy (non-hydrogen) atoms. The Morgan fingerprint density at radius 3 is 2.90 bits per heavy atom. The number of nitrogen functional groups attached to an aromatic ring is 1. The van der Waals surface area contributed by atoms with Crippen molar-refractivity contribution in [3.63, 3.8) is 0 Å². The molecule has 2 aromatic rings. The molecule has 1 heterocycles. The van der Waals surface area contributed by atoms with Gasteiger partial charge >= 0.3 is 0 Å². The lowest BCUT2D eigenvalue weighted by molar-refractivity contribution is -0.384. The van der Waals surface area contributed by atoms with E-state index in [0.29, 0.717) is 0 Å². The summed E-state index contributed by atoms with van der Waals surface area (Å²) in [4.78, 5) is 22.1. The number of amides is 1. The van der Waals surface area contributed by atoms with E-state index in [4.69, 9.17) is 5.73 Å². The van der Waals surface area contributed by atoms with Gasteiger partial charge in [-0.15, -0.1) is 0 Å². The molecule has 0 spiro atoms. The van der Waals surface area contributed by atoms with Gasteiger partial charge in [0.1, 0.15) is 0 Å². The molecule has 0 aliphatic heterocycles. The molecule has 0 saturated heterocycles. The van der Waals surface area contributed by atoms with Crippen LogP contribution in [0.25, 0.3) is 0 Å². The number of nitrogens with two attached hydrogens (primary N) is 1. The lowest BCUT2D eigenvalue weighted by Crippen LogP contribution is -2.23. The molecule has 0 aliphatic rings. The van der Waals surface area contributed by atoms with Gasteiger partial charge < -0.3 is 11.1 Å². The van der Waals surface area contributed by atoms with E-state index >= 15 is 0 Å². The number of benzene rings is 1. The molecule has 8 heteroatoms. The van der Waals surface area contributed by atoms with Crippen molar-refractivity contribution in [2.24, 2.45) is 7.05 Å². The minimum absolute atomic E-state index is 0.0862. The Morgan fingerprint density at radius 2 is 2.30 bits per heavy atom. The van der Waals surface area contributed by atoms with Crippen LogP contribution in [-0.4, -0.2) is 20.6 Å². The number of non-ortho nitro benzene ring substituents is 1. The molecule has 0 unspecified atom stereocenters. The van der Waals surface area contributed by atoms with Crippen molar-refractivity contribution < 1.29 is 9.72 Å². The number of hydrogen-bond acceptors (Lipinski definition) is 5. The molecule has 0 bridgehead atoms. The van der Waals surface area contributed by atoms with Crippen LogP contribution >= 0.6 is 0 Å². The van der Waals surface area contributed by atoms with Crippen LogP contribution in [-0.2, 0) is 13.6 Å². The summed E-state index contributed by atoms with van der Waals surface area (Å²) in [7, 11) is 1.77. The van der Waals surface area contributed by atoms with E-state index in [0.717, 1.165) is 11.6 Å². The average molecular weight is 275 g/mol. The summed E-state index contributed by atoms with van der Waals surface area (Å²) in [6.07, 6.45) is 3.38. The van der Waals surface area contributed by atoms with Gasteiger partial charge in [0, 0.05) is 43.2 Å². The van der Waals surface area contributed by atoms with Gasteiger partial charge in [-0.25, -0.2) is 0 Å². The third-order valence-corrected chi connectivity index (χ3v) is 2.70. The number of aromatic nitrogens is 2. The molecule has 8 nitrogen and oxygen atoms in total. The number of nitrogens with one attached hydrogen (secondary N) is 1. The highest BCUT2D eigenvalue weighted by Crippen LogP contribution is 2.19. The number of nitrogens with zero attached hydrogens (tertiary/aromatic N) is 3. The van der Waals surface area contributed by atoms with Crippen molar-refractivity contribution in [1.82, 2.24) is 15.1 Å². The Hall–Kier alpha value is -2.90. The molecule has 1 aromatic carbocycles. The van der Waals surface area contributed by atoms with Gasteiger partial charge in [0.15, 0.2) is 0 Å². The van der Waals surface area contributed by atoms with Crippen LogP contribution in [0.2, 0.25) is 0 Å². The van der Waals surface area contributed by atoms with Crippen molar-refractivity contribution in [3.8, 4) is 0 Å². The Morgan fingerprint density at radius 1 is 1.55 bits per heavy atom. The normalized spacial score (nSPS) is 10.2. The van der Waals surface area contributed by atoms with Gasteiger partial charge in [-0.1, -0.05) is 0 Å². The van der Waals surface area contributed by atoms with Crippen LogP contribution in [0.3, 0.4) is 0 Å². The van der Waals surface area contributed by atoms with Crippen LogP contribution < -0.4 is 11.1 Å². The van der Waals surface area contributed by atoms with Crippen molar-refractivity contribution in [2.45, 2.75) is 6.54 Å². The smallest absolute Gasteiger partial charge is 0.270 e. The predicted molar refractivity (Wildman–Crippen MR) is 71.9 cm³/mol. The van der Waals surface area contributed by atoms with E-state index in [1.54, 1.807) is 24.1 Å². The van der Waals surface area contributed by atoms with Gasteiger partial charge in [-0.05, 0) is 6.07 Å². The molecule has 2 rings (SSSR count). The number of carbonyl (C=O) groups excluding carboxylic acids is 1. The lowest BCUT2D eigenvalue weighted by atomic mass is 10.1. The van der Waals surface area contributed by atoms with E-state index in [-0.39, 0.29) is 23.5 Å². The second kappa shape index (κ2) is 5.39. The Kier molecular flexibility index (Phi) is 3.65. The van der Waals surface area contributed by atoms with Crippen LogP contribution in [0, 0.1) is 10.1 Å². The molecule has 0 radical (unpaired) electrons. The maximum atomic E-state index is 12.0. The van der Waals surface area contributed by atoms with Crippen molar-refractivity contribution in [1.29, 1.82) is 0 Å². The maximum Gasteiger partial charge on any atom is 0.270 e. The fourth-order valence-corrected chi connectivity index (χ4v) is 1.70. The number of rotatable bonds is 4. The Bertz CT molecular complexity index is 665. The van der Waals surface area contributed by atoms with E-state index in [1.807, 2.05) is 0 Å². The molecule has 0 fully saturated rings. The summed E-state index contributed by atoms with van der Waals surface area (Å²) in [5, 5.41) is 17.3. The number of anilines is 1. The number of nitro groups is 1. The molecule has 1 aromatic heterocycles. The van der Waals surface area contributed by atoms with Crippen LogP contribution in [0.1, 0.15) is 15.9 Å². The second-order valence-electron chi connectivity index (χ2n) is 4.23. The van der Waals surface area contributed by atoms with Gasteiger partial charge in [-0.2, -0.15) is 5.10 Å². The topological polar surface area (TPSA) is 116 Å². The summed E-state index contributed by atoms with van der Waals surface area (Å²) in [6, 6.07) is 3.76. The van der Waals surface area contributed by atoms with Crippen LogP contribution in [0.15, 0.2) is 30.6 Å². The first-order valence-electron chi connectivity index (χ1n) is 5.77. The van der Waals surface area contributed by atoms with E-state index in [9.17, 15) is 14.9 Å². The molecular formula is C12H13N5O3. The van der Waals surface area contributed by atoms with E-state index in [1.165, 1.54) is 12.1 Å². The van der Waals surface area contributed by atoms with Crippen molar-refractivity contribution in [2.75, 3.05) is 5.73 Å². The summed E-state index contributed by atoms with van der Waals surface area (Å²) < 4.78 is 1.61. The minimum Gasteiger partial charge on any atom is -0.398 e. The van der Waals surface area contributed by atoms with Crippen LogP contribution in [0.5, 0.6) is 0 Å². The number of aryl methyl sites for hydroxylation is 1. The number of hydrogen-bond donors (Lipinski definition) is 2. The highest BCUT2D eigenvalue weighted by atomic mass is 16.6. The predicted octanol–water partition coefficient (Wildman–Crippen LogP) is 0.841. The molecule has 3 N–H and O–H groups in total.